The molecule has 0 fully saturated rings. The number of nitrogens with one attached hydrogen (secondary N) is 1. The van der Waals surface area contributed by atoms with Crippen LogP contribution in [-0.2, 0) is 13.0 Å². The summed E-state index contributed by atoms with van der Waals surface area (Å²) in [5, 5.41) is 1.97. The molecule has 3 aromatic rings. The van der Waals surface area contributed by atoms with Crippen LogP contribution in [0.1, 0.15) is 35.7 Å². The molecule has 0 saturated carbocycles. The van der Waals surface area contributed by atoms with Crippen LogP contribution in [-0.4, -0.2) is 9.97 Å². The van der Waals surface area contributed by atoms with E-state index in [-0.39, 0.29) is 12.4 Å². The van der Waals surface area contributed by atoms with E-state index >= 15 is 0 Å². The van der Waals surface area contributed by atoms with Crippen LogP contribution in [0.5, 0.6) is 5.88 Å². The minimum atomic E-state index is 0. The average Bonchev–Trinajstić information content (AvgIpc) is 2.83. The van der Waals surface area contributed by atoms with Crippen LogP contribution in [0.15, 0.2) is 30.5 Å². The molecule has 0 unspecified atom stereocenters. The zero-order chi connectivity index (χ0) is 16.4. The van der Waals surface area contributed by atoms with Gasteiger partial charge < -0.3 is 9.72 Å². The fourth-order valence-electron chi connectivity index (χ4n) is 2.89. The molecule has 0 amide bonds. The summed E-state index contributed by atoms with van der Waals surface area (Å²) in [4.78, 5) is 7.96. The van der Waals surface area contributed by atoms with Crippen molar-refractivity contribution in [1.29, 1.82) is 0 Å². The first-order valence-electron chi connectivity index (χ1n) is 7.94. The van der Waals surface area contributed by atoms with Gasteiger partial charge in [0.05, 0.1) is 0 Å². The van der Waals surface area contributed by atoms with Crippen LogP contribution in [0.25, 0.3) is 10.9 Å². The Labute approximate surface area is 153 Å². The number of aromatic nitrogens is 2. The number of hydrogen-bond acceptors (Lipinski definition) is 2. The lowest BCUT2D eigenvalue weighted by Crippen LogP contribution is -1.99. The Morgan fingerprint density at radius 2 is 2.04 bits per heavy atom. The van der Waals surface area contributed by atoms with E-state index in [2.05, 4.69) is 30.7 Å². The predicted molar refractivity (Wildman–Crippen MR) is 103 cm³/mol. The fourth-order valence-corrected chi connectivity index (χ4v) is 3.11. The molecule has 3 rings (SSSR count). The van der Waals surface area contributed by atoms with Crippen LogP contribution < -0.4 is 4.74 Å². The molecule has 0 radical (unpaired) electrons. The Morgan fingerprint density at radius 3 is 2.75 bits per heavy atom. The Hall–Kier alpha value is -1.71. The number of aryl methyl sites for hydroxylation is 3. The van der Waals surface area contributed by atoms with Gasteiger partial charge in [0.2, 0.25) is 5.88 Å². The summed E-state index contributed by atoms with van der Waals surface area (Å²) in [5.41, 5.74) is 5.74. The van der Waals surface area contributed by atoms with Crippen molar-refractivity contribution in [3.05, 3.63) is 57.9 Å². The number of H-pyrrole nitrogens is 1. The van der Waals surface area contributed by atoms with Crippen LogP contribution in [0.3, 0.4) is 0 Å². The van der Waals surface area contributed by atoms with E-state index < -0.39 is 0 Å². The highest BCUT2D eigenvalue weighted by Gasteiger charge is 2.14. The standard InChI is InChI=1S/C19H21ClN2O.ClH/c1-4-6-15-10-21-19(18-17(15)12(2)13(3)22-18)23-11-14-7-5-8-16(20)9-14;/h5,7-10,22H,4,6,11H2,1-3H3;1H. The van der Waals surface area contributed by atoms with Gasteiger partial charge in [-0.2, -0.15) is 0 Å². The molecular formula is C19H22Cl2N2O. The number of aromatic amines is 1. The van der Waals surface area contributed by atoms with Gasteiger partial charge in [-0.15, -0.1) is 12.4 Å². The third kappa shape index (κ3) is 3.68. The smallest absolute Gasteiger partial charge is 0.238 e. The maximum atomic E-state index is 6.02. The first-order valence-corrected chi connectivity index (χ1v) is 8.32. The second-order valence-corrected chi connectivity index (χ2v) is 6.32. The number of pyridine rings is 1. The van der Waals surface area contributed by atoms with Crippen LogP contribution in [0.2, 0.25) is 5.02 Å². The summed E-state index contributed by atoms with van der Waals surface area (Å²) in [6.45, 7) is 6.87. The quantitative estimate of drug-likeness (QED) is 0.622. The Morgan fingerprint density at radius 1 is 1.25 bits per heavy atom. The van der Waals surface area contributed by atoms with Gasteiger partial charge >= 0.3 is 0 Å². The Bertz CT molecular complexity index is 843. The molecule has 24 heavy (non-hydrogen) atoms. The lowest BCUT2D eigenvalue weighted by molar-refractivity contribution is 0.297. The highest BCUT2D eigenvalue weighted by molar-refractivity contribution is 6.30. The van der Waals surface area contributed by atoms with Crippen molar-refractivity contribution in [3.8, 4) is 5.88 Å². The number of ether oxygens (including phenoxy) is 1. The zero-order valence-corrected chi connectivity index (χ0v) is 15.7. The van der Waals surface area contributed by atoms with Gasteiger partial charge in [0, 0.05) is 22.3 Å². The van der Waals surface area contributed by atoms with Crippen LogP contribution >= 0.6 is 24.0 Å². The number of fused-ring (bicyclic) bond motifs is 1. The summed E-state index contributed by atoms with van der Waals surface area (Å²) in [7, 11) is 0. The highest BCUT2D eigenvalue weighted by atomic mass is 35.5. The summed E-state index contributed by atoms with van der Waals surface area (Å²) >= 11 is 6.02. The van der Waals surface area contributed by atoms with E-state index in [9.17, 15) is 0 Å². The second kappa shape index (κ2) is 7.91. The number of benzene rings is 1. The molecule has 0 aliphatic heterocycles. The molecule has 0 atom stereocenters. The summed E-state index contributed by atoms with van der Waals surface area (Å²) < 4.78 is 5.96. The van der Waals surface area contributed by atoms with Gasteiger partial charge in [0.1, 0.15) is 12.1 Å². The molecule has 0 aliphatic rings. The van der Waals surface area contributed by atoms with Crippen molar-refractivity contribution in [2.24, 2.45) is 0 Å². The van der Waals surface area contributed by atoms with Gasteiger partial charge in [-0.3, -0.25) is 0 Å². The van der Waals surface area contributed by atoms with E-state index in [1.165, 1.54) is 16.5 Å². The van der Waals surface area contributed by atoms with Crippen molar-refractivity contribution in [2.75, 3.05) is 0 Å². The minimum absolute atomic E-state index is 0. The molecule has 128 valence electrons. The molecule has 1 N–H and O–H groups in total. The van der Waals surface area contributed by atoms with Crippen LogP contribution in [0.4, 0.5) is 0 Å². The molecule has 0 bridgehead atoms. The molecule has 5 heteroatoms. The van der Waals surface area contributed by atoms with Gasteiger partial charge in [0.15, 0.2) is 0 Å². The highest BCUT2D eigenvalue weighted by Crippen LogP contribution is 2.31. The van der Waals surface area contributed by atoms with Gasteiger partial charge in [-0.1, -0.05) is 37.1 Å². The van der Waals surface area contributed by atoms with Gasteiger partial charge in [-0.25, -0.2) is 4.98 Å². The SMILES string of the molecule is CCCc1cnc(OCc2cccc(Cl)c2)c2[nH]c(C)c(C)c12.Cl. The van der Waals surface area contributed by atoms with E-state index in [1.807, 2.05) is 30.5 Å². The topological polar surface area (TPSA) is 37.9 Å². The van der Waals surface area contributed by atoms with E-state index in [4.69, 9.17) is 16.3 Å². The summed E-state index contributed by atoms with van der Waals surface area (Å²) in [6, 6.07) is 7.70. The molecule has 0 spiro atoms. The lowest BCUT2D eigenvalue weighted by Gasteiger charge is -2.09. The first-order chi connectivity index (χ1) is 11.1. The van der Waals surface area contributed by atoms with Crippen molar-refractivity contribution in [1.82, 2.24) is 9.97 Å². The second-order valence-electron chi connectivity index (χ2n) is 5.88. The predicted octanol–water partition coefficient (Wildman–Crippen LogP) is 5.79. The van der Waals surface area contributed by atoms with E-state index in [0.717, 1.165) is 29.6 Å². The largest absolute Gasteiger partial charge is 0.471 e. The third-order valence-electron chi connectivity index (χ3n) is 4.16. The molecule has 0 aliphatic carbocycles. The van der Waals surface area contributed by atoms with Crippen molar-refractivity contribution in [2.45, 2.75) is 40.2 Å². The van der Waals surface area contributed by atoms with Gasteiger partial charge in [-0.05, 0) is 49.1 Å². The van der Waals surface area contributed by atoms with Gasteiger partial charge in [0.25, 0.3) is 0 Å². The first kappa shape index (κ1) is 18.6. The van der Waals surface area contributed by atoms with Crippen molar-refractivity contribution in [3.63, 3.8) is 0 Å². The van der Waals surface area contributed by atoms with E-state index in [1.54, 1.807) is 0 Å². The number of nitrogens with zero attached hydrogens (tertiary/aromatic N) is 1. The summed E-state index contributed by atoms with van der Waals surface area (Å²) in [6.07, 6.45) is 4.07. The molecule has 1 aromatic carbocycles. The number of hydrogen-bond donors (Lipinski definition) is 1. The Kier molecular flexibility index (Phi) is 6.14. The van der Waals surface area contributed by atoms with Crippen molar-refractivity contribution >= 4 is 34.9 Å². The van der Waals surface area contributed by atoms with E-state index in [0.29, 0.717) is 17.5 Å². The Balaban J connectivity index is 0.00000208. The van der Waals surface area contributed by atoms with Crippen molar-refractivity contribution < 1.29 is 4.74 Å². The molecule has 0 saturated heterocycles. The normalized spacial score (nSPS) is 10.7. The average molecular weight is 365 g/mol. The molecule has 3 nitrogen and oxygen atoms in total. The van der Waals surface area contributed by atoms with Crippen LogP contribution in [0, 0.1) is 13.8 Å². The number of halogens is 2. The fraction of sp³-hybridized carbons (Fsp3) is 0.316. The molecule has 2 heterocycles. The summed E-state index contributed by atoms with van der Waals surface area (Å²) in [5.74, 6) is 0.649. The monoisotopic (exact) mass is 364 g/mol. The zero-order valence-electron chi connectivity index (χ0n) is 14.1. The third-order valence-corrected chi connectivity index (χ3v) is 4.39. The molecular weight excluding hydrogens is 343 g/mol. The minimum Gasteiger partial charge on any atom is -0.471 e. The lowest BCUT2D eigenvalue weighted by atomic mass is 10.0. The maximum Gasteiger partial charge on any atom is 0.238 e. The molecule has 2 aromatic heterocycles. The maximum absolute atomic E-state index is 6.02. The number of rotatable bonds is 5.